The van der Waals surface area contributed by atoms with Crippen molar-refractivity contribution < 1.29 is 17.6 Å². The smallest absolute Gasteiger partial charge is 0.233 e. The van der Waals surface area contributed by atoms with E-state index in [1.165, 1.54) is 0 Å². The van der Waals surface area contributed by atoms with Crippen LogP contribution in [0.25, 0.3) is 6.08 Å². The van der Waals surface area contributed by atoms with E-state index in [1.807, 2.05) is 0 Å². The standard InChI is InChI=1S/C10H12F4N2/c1-5-6-7(10(12,13)14)15-16(8(6)11)9(2,3)4/h5H,1H2,2-4H3. The maximum Gasteiger partial charge on any atom is 0.435 e. The first-order valence-electron chi connectivity index (χ1n) is 4.57. The second-order valence-electron chi connectivity index (χ2n) is 4.34. The Hall–Kier alpha value is -1.33. The summed E-state index contributed by atoms with van der Waals surface area (Å²) in [5, 5.41) is 3.27. The summed E-state index contributed by atoms with van der Waals surface area (Å²) in [7, 11) is 0. The molecule has 0 aliphatic rings. The third-order valence-electron chi connectivity index (χ3n) is 1.97. The molecule has 16 heavy (non-hydrogen) atoms. The summed E-state index contributed by atoms with van der Waals surface area (Å²) in [6.45, 7) is 7.86. The first-order chi connectivity index (χ1) is 7.09. The van der Waals surface area contributed by atoms with Crippen LogP contribution in [0.15, 0.2) is 6.58 Å². The summed E-state index contributed by atoms with van der Waals surface area (Å²) in [6.07, 6.45) is -3.85. The van der Waals surface area contributed by atoms with Gasteiger partial charge >= 0.3 is 6.18 Å². The molecule has 0 bridgehead atoms. The number of hydrogen-bond donors (Lipinski definition) is 0. The molecule has 1 heterocycles. The van der Waals surface area contributed by atoms with Crippen LogP contribution >= 0.6 is 0 Å². The Kier molecular flexibility index (Phi) is 2.87. The van der Waals surface area contributed by atoms with Gasteiger partial charge in [-0.05, 0) is 20.8 Å². The van der Waals surface area contributed by atoms with Crippen molar-refractivity contribution in [1.82, 2.24) is 9.78 Å². The predicted octanol–water partition coefficient (Wildman–Crippen LogP) is 3.44. The highest BCUT2D eigenvalue weighted by atomic mass is 19.4. The molecule has 0 aromatic carbocycles. The van der Waals surface area contributed by atoms with Gasteiger partial charge in [0.2, 0.25) is 5.95 Å². The maximum absolute atomic E-state index is 13.6. The van der Waals surface area contributed by atoms with Crippen molar-refractivity contribution in [3.8, 4) is 0 Å². The van der Waals surface area contributed by atoms with Crippen molar-refractivity contribution in [1.29, 1.82) is 0 Å². The third-order valence-corrected chi connectivity index (χ3v) is 1.97. The van der Waals surface area contributed by atoms with Crippen molar-refractivity contribution in [2.45, 2.75) is 32.5 Å². The van der Waals surface area contributed by atoms with E-state index in [2.05, 4.69) is 11.7 Å². The van der Waals surface area contributed by atoms with E-state index in [9.17, 15) is 17.6 Å². The molecule has 0 aliphatic carbocycles. The summed E-state index contributed by atoms with van der Waals surface area (Å²) in [5.74, 6) is -1.02. The van der Waals surface area contributed by atoms with Crippen LogP contribution in [-0.2, 0) is 11.7 Å². The van der Waals surface area contributed by atoms with E-state index in [0.29, 0.717) is 4.68 Å². The average Bonchev–Trinajstić information content (AvgIpc) is 2.40. The molecule has 2 nitrogen and oxygen atoms in total. The topological polar surface area (TPSA) is 17.8 Å². The van der Waals surface area contributed by atoms with Crippen LogP contribution in [0.2, 0.25) is 0 Å². The molecule has 6 heteroatoms. The molecule has 1 rings (SSSR count). The van der Waals surface area contributed by atoms with Crippen LogP contribution < -0.4 is 0 Å². The average molecular weight is 236 g/mol. The quantitative estimate of drug-likeness (QED) is 0.683. The molecule has 0 N–H and O–H groups in total. The molecular weight excluding hydrogens is 224 g/mol. The SMILES string of the molecule is C=Cc1c(C(F)(F)F)nn(C(C)(C)C)c1F. The molecular formula is C10H12F4N2. The number of aromatic nitrogens is 2. The van der Waals surface area contributed by atoms with Gasteiger partial charge < -0.3 is 0 Å². The molecule has 1 aromatic rings. The Bertz CT molecular complexity index is 410. The van der Waals surface area contributed by atoms with E-state index < -0.39 is 28.9 Å². The highest BCUT2D eigenvalue weighted by molar-refractivity contribution is 5.50. The minimum absolute atomic E-state index is 0.609. The summed E-state index contributed by atoms with van der Waals surface area (Å²) < 4.78 is 51.9. The molecule has 0 amide bonds. The summed E-state index contributed by atoms with van der Waals surface area (Å²) in [4.78, 5) is 0. The molecule has 0 saturated heterocycles. The van der Waals surface area contributed by atoms with Crippen molar-refractivity contribution in [2.75, 3.05) is 0 Å². The zero-order chi connectivity index (χ0) is 12.7. The van der Waals surface area contributed by atoms with Crippen LogP contribution in [0.3, 0.4) is 0 Å². The predicted molar refractivity (Wildman–Crippen MR) is 52.3 cm³/mol. The van der Waals surface area contributed by atoms with Crippen molar-refractivity contribution in [2.24, 2.45) is 0 Å². The molecule has 0 unspecified atom stereocenters. The zero-order valence-electron chi connectivity index (χ0n) is 9.19. The van der Waals surface area contributed by atoms with Gasteiger partial charge in [-0.25, -0.2) is 4.68 Å². The zero-order valence-corrected chi connectivity index (χ0v) is 9.19. The third kappa shape index (κ3) is 2.10. The highest BCUT2D eigenvalue weighted by Crippen LogP contribution is 2.34. The lowest BCUT2D eigenvalue weighted by molar-refractivity contribution is -0.141. The van der Waals surface area contributed by atoms with Crippen LogP contribution in [-0.4, -0.2) is 9.78 Å². The van der Waals surface area contributed by atoms with E-state index >= 15 is 0 Å². The Morgan fingerprint density at radius 3 is 2.00 bits per heavy atom. The Labute approximate surface area is 90.6 Å². The fraction of sp³-hybridized carbons (Fsp3) is 0.500. The first kappa shape index (κ1) is 12.7. The van der Waals surface area contributed by atoms with Crippen LogP contribution in [0.5, 0.6) is 0 Å². The number of alkyl halides is 3. The Balaban J connectivity index is 3.50. The van der Waals surface area contributed by atoms with Gasteiger partial charge in [-0.3, -0.25) is 0 Å². The largest absolute Gasteiger partial charge is 0.435 e. The van der Waals surface area contributed by atoms with Crippen molar-refractivity contribution in [3.63, 3.8) is 0 Å². The molecule has 0 atom stereocenters. The fourth-order valence-corrected chi connectivity index (χ4v) is 1.24. The molecule has 0 saturated carbocycles. The summed E-state index contributed by atoms with van der Waals surface area (Å²) in [5.41, 5.74) is -2.71. The molecule has 1 aromatic heterocycles. The van der Waals surface area contributed by atoms with Crippen LogP contribution in [0.1, 0.15) is 32.0 Å². The Morgan fingerprint density at radius 2 is 1.75 bits per heavy atom. The summed E-state index contributed by atoms with van der Waals surface area (Å²) in [6, 6.07) is 0. The van der Waals surface area contributed by atoms with Gasteiger partial charge in [-0.2, -0.15) is 22.7 Å². The van der Waals surface area contributed by atoms with Crippen LogP contribution in [0, 0.1) is 5.95 Å². The van der Waals surface area contributed by atoms with E-state index in [0.717, 1.165) is 6.08 Å². The minimum atomic E-state index is -4.68. The van der Waals surface area contributed by atoms with E-state index in [1.54, 1.807) is 20.8 Å². The van der Waals surface area contributed by atoms with Gasteiger partial charge in [0.05, 0.1) is 11.1 Å². The first-order valence-corrected chi connectivity index (χ1v) is 4.57. The number of hydrogen-bond acceptors (Lipinski definition) is 1. The minimum Gasteiger partial charge on any atom is -0.233 e. The van der Waals surface area contributed by atoms with Gasteiger partial charge in [0.15, 0.2) is 5.69 Å². The van der Waals surface area contributed by atoms with E-state index in [-0.39, 0.29) is 0 Å². The van der Waals surface area contributed by atoms with Gasteiger partial charge in [-0.15, -0.1) is 0 Å². The molecule has 0 aliphatic heterocycles. The number of nitrogens with zero attached hydrogens (tertiary/aromatic N) is 2. The van der Waals surface area contributed by atoms with Gasteiger partial charge in [0.1, 0.15) is 0 Å². The van der Waals surface area contributed by atoms with E-state index in [4.69, 9.17) is 0 Å². The van der Waals surface area contributed by atoms with Gasteiger partial charge in [-0.1, -0.05) is 12.7 Å². The Morgan fingerprint density at radius 1 is 1.25 bits per heavy atom. The fourth-order valence-electron chi connectivity index (χ4n) is 1.24. The molecule has 90 valence electrons. The second-order valence-corrected chi connectivity index (χ2v) is 4.34. The van der Waals surface area contributed by atoms with Gasteiger partial charge in [0, 0.05) is 0 Å². The molecule has 0 fully saturated rings. The maximum atomic E-state index is 13.6. The van der Waals surface area contributed by atoms with Gasteiger partial charge in [0.25, 0.3) is 0 Å². The monoisotopic (exact) mass is 236 g/mol. The lowest BCUT2D eigenvalue weighted by Gasteiger charge is -2.19. The van der Waals surface area contributed by atoms with Crippen molar-refractivity contribution in [3.05, 3.63) is 23.8 Å². The lowest BCUT2D eigenvalue weighted by atomic mass is 10.1. The van der Waals surface area contributed by atoms with Crippen LogP contribution in [0.4, 0.5) is 17.6 Å². The summed E-state index contributed by atoms with van der Waals surface area (Å²) >= 11 is 0. The number of halogens is 4. The lowest BCUT2D eigenvalue weighted by Crippen LogP contribution is -2.25. The second kappa shape index (κ2) is 3.61. The highest BCUT2D eigenvalue weighted by Gasteiger charge is 2.40. The molecule has 0 radical (unpaired) electrons. The normalized spacial score (nSPS) is 12.9. The molecule has 0 spiro atoms. The number of rotatable bonds is 1. The van der Waals surface area contributed by atoms with Crippen molar-refractivity contribution >= 4 is 6.08 Å².